The summed E-state index contributed by atoms with van der Waals surface area (Å²) >= 11 is 0. The molecule has 0 bridgehead atoms. The zero-order valence-electron chi connectivity index (χ0n) is 12.3. The third-order valence-corrected chi connectivity index (χ3v) is 3.58. The Balaban J connectivity index is 2.04. The van der Waals surface area contributed by atoms with E-state index in [4.69, 9.17) is 10.5 Å². The van der Waals surface area contributed by atoms with Gasteiger partial charge in [-0.2, -0.15) is 0 Å². The lowest BCUT2D eigenvalue weighted by atomic mass is 10.0. The SMILES string of the molecule is CCC(CN)CC(=O)Nc1ccc2c(c1)NC(=O)C(C)O2. The molecular formula is C15H21N3O3. The Morgan fingerprint density at radius 2 is 2.29 bits per heavy atom. The highest BCUT2D eigenvalue weighted by molar-refractivity contribution is 5.99. The van der Waals surface area contributed by atoms with E-state index < -0.39 is 6.10 Å². The van der Waals surface area contributed by atoms with Crippen molar-refractivity contribution < 1.29 is 14.3 Å². The summed E-state index contributed by atoms with van der Waals surface area (Å²) in [6.45, 7) is 4.19. The molecule has 6 heteroatoms. The van der Waals surface area contributed by atoms with Gasteiger partial charge in [-0.1, -0.05) is 13.3 Å². The monoisotopic (exact) mass is 291 g/mol. The molecule has 2 unspecified atom stereocenters. The Morgan fingerprint density at radius 1 is 1.52 bits per heavy atom. The van der Waals surface area contributed by atoms with Gasteiger partial charge in [0, 0.05) is 12.1 Å². The van der Waals surface area contributed by atoms with Crippen LogP contribution in [0.5, 0.6) is 5.75 Å². The van der Waals surface area contributed by atoms with Crippen molar-refractivity contribution in [3.05, 3.63) is 18.2 Å². The first-order chi connectivity index (χ1) is 10.0. The number of carbonyl (C=O) groups is 2. The van der Waals surface area contributed by atoms with E-state index >= 15 is 0 Å². The molecule has 0 fully saturated rings. The van der Waals surface area contributed by atoms with Crippen LogP contribution in [0.15, 0.2) is 18.2 Å². The predicted molar refractivity (Wildman–Crippen MR) is 81.2 cm³/mol. The predicted octanol–water partition coefficient (Wildman–Crippen LogP) is 1.72. The molecule has 21 heavy (non-hydrogen) atoms. The van der Waals surface area contributed by atoms with Gasteiger partial charge in [0.2, 0.25) is 5.91 Å². The topological polar surface area (TPSA) is 93.5 Å². The summed E-state index contributed by atoms with van der Waals surface area (Å²) in [6, 6.07) is 5.19. The van der Waals surface area contributed by atoms with Gasteiger partial charge in [0.25, 0.3) is 5.91 Å². The average Bonchev–Trinajstić information content (AvgIpc) is 2.46. The number of ether oxygens (including phenoxy) is 1. The number of rotatable bonds is 5. The van der Waals surface area contributed by atoms with Crippen molar-refractivity contribution in [3.63, 3.8) is 0 Å². The normalized spacial score (nSPS) is 18.2. The number of nitrogens with two attached hydrogens (primary N) is 1. The molecule has 0 aliphatic carbocycles. The minimum atomic E-state index is -0.507. The average molecular weight is 291 g/mol. The summed E-state index contributed by atoms with van der Waals surface area (Å²) in [7, 11) is 0. The number of hydrogen-bond donors (Lipinski definition) is 3. The zero-order chi connectivity index (χ0) is 15.4. The maximum Gasteiger partial charge on any atom is 0.265 e. The van der Waals surface area contributed by atoms with Crippen molar-refractivity contribution in [1.29, 1.82) is 0 Å². The fraction of sp³-hybridized carbons (Fsp3) is 0.467. The Morgan fingerprint density at radius 3 is 2.95 bits per heavy atom. The molecule has 0 saturated heterocycles. The fourth-order valence-electron chi connectivity index (χ4n) is 2.16. The van der Waals surface area contributed by atoms with Crippen LogP contribution in [0.3, 0.4) is 0 Å². The number of nitrogens with one attached hydrogen (secondary N) is 2. The third-order valence-electron chi connectivity index (χ3n) is 3.58. The minimum absolute atomic E-state index is 0.0799. The summed E-state index contributed by atoms with van der Waals surface area (Å²) in [5.74, 6) is 0.517. The van der Waals surface area contributed by atoms with Crippen LogP contribution in [0, 0.1) is 5.92 Å². The van der Waals surface area contributed by atoms with Crippen LogP contribution in [0.25, 0.3) is 0 Å². The Kier molecular flexibility index (Phi) is 4.80. The summed E-state index contributed by atoms with van der Waals surface area (Å²) in [5, 5.41) is 5.57. The summed E-state index contributed by atoms with van der Waals surface area (Å²) in [4.78, 5) is 23.5. The number of amides is 2. The maximum absolute atomic E-state index is 11.9. The Labute approximate surface area is 124 Å². The van der Waals surface area contributed by atoms with Crippen molar-refractivity contribution in [2.24, 2.45) is 11.7 Å². The molecule has 1 aliphatic heterocycles. The van der Waals surface area contributed by atoms with E-state index in [1.807, 2.05) is 6.92 Å². The number of anilines is 2. The van der Waals surface area contributed by atoms with Gasteiger partial charge in [0.05, 0.1) is 5.69 Å². The quantitative estimate of drug-likeness (QED) is 0.770. The van der Waals surface area contributed by atoms with E-state index in [1.165, 1.54) is 0 Å². The molecule has 1 aromatic rings. The van der Waals surface area contributed by atoms with E-state index in [0.29, 0.717) is 30.1 Å². The molecular weight excluding hydrogens is 270 g/mol. The lowest BCUT2D eigenvalue weighted by Crippen LogP contribution is -2.34. The van der Waals surface area contributed by atoms with E-state index in [0.717, 1.165) is 6.42 Å². The van der Waals surface area contributed by atoms with Crippen LogP contribution in [0.2, 0.25) is 0 Å². The maximum atomic E-state index is 11.9. The number of fused-ring (bicyclic) bond motifs is 1. The van der Waals surface area contributed by atoms with Crippen molar-refractivity contribution in [1.82, 2.24) is 0 Å². The van der Waals surface area contributed by atoms with Crippen LogP contribution in [-0.4, -0.2) is 24.5 Å². The first-order valence-electron chi connectivity index (χ1n) is 7.15. The highest BCUT2D eigenvalue weighted by Crippen LogP contribution is 2.32. The molecule has 2 amide bonds. The zero-order valence-corrected chi connectivity index (χ0v) is 12.3. The number of carbonyl (C=O) groups excluding carboxylic acids is 2. The minimum Gasteiger partial charge on any atom is -0.479 e. The molecule has 0 aromatic heterocycles. The Bertz CT molecular complexity index is 541. The number of hydrogen-bond acceptors (Lipinski definition) is 4. The molecule has 1 aliphatic rings. The van der Waals surface area contributed by atoms with Gasteiger partial charge in [-0.15, -0.1) is 0 Å². The summed E-state index contributed by atoms with van der Waals surface area (Å²) in [5.41, 5.74) is 6.80. The highest BCUT2D eigenvalue weighted by atomic mass is 16.5. The molecule has 114 valence electrons. The van der Waals surface area contributed by atoms with Crippen molar-refractivity contribution >= 4 is 23.2 Å². The lowest BCUT2D eigenvalue weighted by molar-refractivity contribution is -0.122. The van der Waals surface area contributed by atoms with E-state index in [2.05, 4.69) is 10.6 Å². The lowest BCUT2D eigenvalue weighted by Gasteiger charge is -2.23. The molecule has 0 spiro atoms. The van der Waals surface area contributed by atoms with Crippen LogP contribution >= 0.6 is 0 Å². The van der Waals surface area contributed by atoms with Gasteiger partial charge in [-0.25, -0.2) is 0 Å². The molecule has 0 radical (unpaired) electrons. The fourth-order valence-corrected chi connectivity index (χ4v) is 2.16. The second kappa shape index (κ2) is 6.58. The van der Waals surface area contributed by atoms with Gasteiger partial charge >= 0.3 is 0 Å². The van der Waals surface area contributed by atoms with Crippen molar-refractivity contribution in [2.75, 3.05) is 17.2 Å². The van der Waals surface area contributed by atoms with Crippen molar-refractivity contribution in [2.45, 2.75) is 32.8 Å². The molecule has 1 heterocycles. The van der Waals surface area contributed by atoms with E-state index in [-0.39, 0.29) is 17.7 Å². The van der Waals surface area contributed by atoms with E-state index in [9.17, 15) is 9.59 Å². The summed E-state index contributed by atoms with van der Waals surface area (Å²) < 4.78 is 5.46. The molecule has 1 aromatic carbocycles. The van der Waals surface area contributed by atoms with Crippen LogP contribution in [0.1, 0.15) is 26.7 Å². The first-order valence-corrected chi connectivity index (χ1v) is 7.15. The van der Waals surface area contributed by atoms with Gasteiger partial charge in [0.15, 0.2) is 6.10 Å². The first kappa shape index (κ1) is 15.3. The second-order valence-corrected chi connectivity index (χ2v) is 5.22. The highest BCUT2D eigenvalue weighted by Gasteiger charge is 2.23. The van der Waals surface area contributed by atoms with Gasteiger partial charge in [0.1, 0.15) is 5.75 Å². The Hall–Kier alpha value is -2.08. The van der Waals surface area contributed by atoms with Gasteiger partial charge < -0.3 is 21.1 Å². The van der Waals surface area contributed by atoms with E-state index in [1.54, 1.807) is 25.1 Å². The summed E-state index contributed by atoms with van der Waals surface area (Å²) in [6.07, 6.45) is 0.757. The molecule has 6 nitrogen and oxygen atoms in total. The third kappa shape index (κ3) is 3.72. The second-order valence-electron chi connectivity index (χ2n) is 5.22. The molecule has 2 rings (SSSR count). The molecule has 2 atom stereocenters. The van der Waals surface area contributed by atoms with Crippen LogP contribution in [-0.2, 0) is 9.59 Å². The standard InChI is InChI=1S/C15H21N3O3/c1-3-10(8-16)6-14(19)17-11-4-5-13-12(7-11)18-15(20)9(2)21-13/h4-5,7,9-10H,3,6,8,16H2,1-2H3,(H,17,19)(H,18,20). The van der Waals surface area contributed by atoms with Crippen LogP contribution < -0.4 is 21.1 Å². The number of benzene rings is 1. The van der Waals surface area contributed by atoms with Gasteiger partial charge in [-0.3, -0.25) is 9.59 Å². The largest absolute Gasteiger partial charge is 0.479 e. The van der Waals surface area contributed by atoms with Gasteiger partial charge in [-0.05, 0) is 37.6 Å². The molecule has 4 N–H and O–H groups in total. The smallest absolute Gasteiger partial charge is 0.265 e. The van der Waals surface area contributed by atoms with Crippen LogP contribution in [0.4, 0.5) is 11.4 Å². The molecule has 0 saturated carbocycles. The van der Waals surface area contributed by atoms with Crippen molar-refractivity contribution in [3.8, 4) is 5.75 Å².